The Morgan fingerprint density at radius 2 is 1.68 bits per heavy atom. The summed E-state index contributed by atoms with van der Waals surface area (Å²) in [5.74, 6) is 1.72. The molecule has 0 saturated carbocycles. The van der Waals surface area contributed by atoms with Gasteiger partial charge in [-0.15, -0.1) is 24.0 Å². The first-order valence-electron chi connectivity index (χ1n) is 10.0. The summed E-state index contributed by atoms with van der Waals surface area (Å²) in [5.41, 5.74) is 1.46. The first-order valence-corrected chi connectivity index (χ1v) is 10.0. The second-order valence-corrected chi connectivity index (χ2v) is 6.92. The summed E-state index contributed by atoms with van der Waals surface area (Å²) in [6.45, 7) is 4.26. The molecule has 2 aromatic carbocycles. The fourth-order valence-corrected chi connectivity index (χ4v) is 3.42. The molecule has 1 amide bonds. The van der Waals surface area contributed by atoms with E-state index in [0.29, 0.717) is 24.4 Å². The summed E-state index contributed by atoms with van der Waals surface area (Å²) < 4.78 is 5.11. The van der Waals surface area contributed by atoms with E-state index in [9.17, 15) is 9.90 Å². The van der Waals surface area contributed by atoms with Crippen LogP contribution < -0.4 is 20.3 Å². The lowest BCUT2D eigenvalue weighted by atomic mass is 10.2. The van der Waals surface area contributed by atoms with Gasteiger partial charge in [0.15, 0.2) is 5.96 Å². The van der Waals surface area contributed by atoms with E-state index >= 15 is 0 Å². The molecule has 1 saturated heterocycles. The quantitative estimate of drug-likeness (QED) is 0.226. The van der Waals surface area contributed by atoms with Crippen molar-refractivity contribution < 1.29 is 14.6 Å². The standard InChI is InChI=1S/C22H29N5O3.HI/c1-23-22(25-12-11-24-21(29)17-7-9-18(30-2)10-8-17)27-15-13-26(14-16-27)19-5-3-4-6-20(19)28;/h3-10,28H,11-16H2,1-2H3,(H,23,25)(H,24,29);1H. The average Bonchev–Trinajstić information content (AvgIpc) is 2.79. The Balaban J connectivity index is 0.00000341. The number of nitrogens with one attached hydrogen (secondary N) is 2. The van der Waals surface area contributed by atoms with E-state index in [-0.39, 0.29) is 29.9 Å². The largest absolute Gasteiger partial charge is 0.506 e. The van der Waals surface area contributed by atoms with Gasteiger partial charge in [0, 0.05) is 51.9 Å². The highest BCUT2D eigenvalue weighted by Gasteiger charge is 2.21. The maximum Gasteiger partial charge on any atom is 0.251 e. The molecular formula is C22H30IN5O3. The minimum absolute atomic E-state index is 0. The van der Waals surface area contributed by atoms with Crippen molar-refractivity contribution in [1.29, 1.82) is 0 Å². The molecule has 1 heterocycles. The summed E-state index contributed by atoms with van der Waals surface area (Å²) >= 11 is 0. The lowest BCUT2D eigenvalue weighted by Gasteiger charge is -2.37. The van der Waals surface area contributed by atoms with Crippen LogP contribution in [0.25, 0.3) is 0 Å². The van der Waals surface area contributed by atoms with E-state index in [0.717, 1.165) is 43.6 Å². The molecule has 0 aliphatic carbocycles. The number of rotatable bonds is 6. The van der Waals surface area contributed by atoms with Crippen molar-refractivity contribution in [3.63, 3.8) is 0 Å². The number of benzene rings is 2. The van der Waals surface area contributed by atoms with E-state index in [1.165, 1.54) is 0 Å². The maximum absolute atomic E-state index is 12.2. The highest BCUT2D eigenvalue weighted by Crippen LogP contribution is 2.27. The van der Waals surface area contributed by atoms with E-state index in [4.69, 9.17) is 4.74 Å². The number of phenols is 1. The van der Waals surface area contributed by atoms with Crippen molar-refractivity contribution in [2.45, 2.75) is 0 Å². The minimum Gasteiger partial charge on any atom is -0.506 e. The van der Waals surface area contributed by atoms with Crippen molar-refractivity contribution in [1.82, 2.24) is 15.5 Å². The molecule has 0 spiro atoms. The van der Waals surface area contributed by atoms with Crippen LogP contribution in [-0.2, 0) is 0 Å². The van der Waals surface area contributed by atoms with Crippen LogP contribution in [0, 0.1) is 0 Å². The van der Waals surface area contributed by atoms with Gasteiger partial charge in [-0.25, -0.2) is 0 Å². The number of piperazine rings is 1. The number of nitrogens with zero attached hydrogens (tertiary/aromatic N) is 3. The number of amides is 1. The van der Waals surface area contributed by atoms with Crippen molar-refractivity contribution in [3.8, 4) is 11.5 Å². The van der Waals surface area contributed by atoms with Crippen LogP contribution in [0.2, 0.25) is 0 Å². The molecule has 9 heteroatoms. The smallest absolute Gasteiger partial charge is 0.251 e. The molecule has 1 aliphatic rings. The number of ether oxygens (including phenoxy) is 1. The zero-order valence-electron chi connectivity index (χ0n) is 17.9. The van der Waals surface area contributed by atoms with Crippen LogP contribution in [0.4, 0.5) is 5.69 Å². The normalized spacial score (nSPS) is 13.9. The van der Waals surface area contributed by atoms with Gasteiger partial charge < -0.3 is 30.3 Å². The lowest BCUT2D eigenvalue weighted by Crippen LogP contribution is -2.53. The number of carbonyl (C=O) groups is 1. The van der Waals surface area contributed by atoms with Crippen LogP contribution >= 0.6 is 24.0 Å². The van der Waals surface area contributed by atoms with Gasteiger partial charge in [0.2, 0.25) is 0 Å². The topological polar surface area (TPSA) is 89.4 Å². The third-order valence-electron chi connectivity index (χ3n) is 5.06. The van der Waals surface area contributed by atoms with Crippen molar-refractivity contribution in [2.75, 3.05) is 58.3 Å². The molecule has 1 aliphatic heterocycles. The molecule has 3 rings (SSSR count). The summed E-state index contributed by atoms with van der Waals surface area (Å²) in [4.78, 5) is 20.9. The summed E-state index contributed by atoms with van der Waals surface area (Å²) in [7, 11) is 3.35. The van der Waals surface area contributed by atoms with Crippen LogP contribution in [0.15, 0.2) is 53.5 Å². The predicted molar refractivity (Wildman–Crippen MR) is 134 cm³/mol. The predicted octanol–water partition coefficient (Wildman–Crippen LogP) is 2.15. The SMILES string of the molecule is CN=C(NCCNC(=O)c1ccc(OC)cc1)N1CCN(c2ccccc2O)CC1.I. The van der Waals surface area contributed by atoms with Crippen molar-refractivity contribution >= 4 is 41.5 Å². The van der Waals surface area contributed by atoms with Crippen LogP contribution in [-0.4, -0.2) is 75.3 Å². The van der Waals surface area contributed by atoms with Gasteiger partial charge >= 0.3 is 0 Å². The second-order valence-electron chi connectivity index (χ2n) is 6.92. The maximum atomic E-state index is 12.2. The van der Waals surface area contributed by atoms with E-state index in [1.54, 1.807) is 44.5 Å². The first-order chi connectivity index (χ1) is 14.6. The molecule has 0 bridgehead atoms. The number of phenolic OH excluding ortho intramolecular Hbond substituents is 1. The van der Waals surface area contributed by atoms with Crippen LogP contribution in [0.1, 0.15) is 10.4 Å². The number of methoxy groups -OCH3 is 1. The monoisotopic (exact) mass is 539 g/mol. The lowest BCUT2D eigenvalue weighted by molar-refractivity contribution is 0.0954. The Morgan fingerprint density at radius 3 is 2.29 bits per heavy atom. The van der Waals surface area contributed by atoms with Gasteiger partial charge in [-0.3, -0.25) is 9.79 Å². The van der Waals surface area contributed by atoms with Gasteiger partial charge in [0.05, 0.1) is 12.8 Å². The third kappa shape index (κ3) is 6.65. The Morgan fingerprint density at radius 1 is 1.03 bits per heavy atom. The molecule has 168 valence electrons. The molecule has 2 aromatic rings. The van der Waals surface area contributed by atoms with E-state index < -0.39 is 0 Å². The molecule has 0 radical (unpaired) electrons. The zero-order chi connectivity index (χ0) is 21.3. The number of guanidine groups is 1. The highest BCUT2D eigenvalue weighted by molar-refractivity contribution is 14.0. The molecule has 0 aromatic heterocycles. The Hall–Kier alpha value is -2.69. The second kappa shape index (κ2) is 12.2. The highest BCUT2D eigenvalue weighted by atomic mass is 127. The Labute approximate surface area is 200 Å². The zero-order valence-corrected chi connectivity index (χ0v) is 20.2. The summed E-state index contributed by atoms with van der Waals surface area (Å²) in [5, 5.41) is 16.3. The number of anilines is 1. The minimum atomic E-state index is -0.120. The number of aliphatic imine (C=N–C) groups is 1. The Bertz CT molecular complexity index is 868. The van der Waals surface area contributed by atoms with Gasteiger partial charge in [0.1, 0.15) is 11.5 Å². The van der Waals surface area contributed by atoms with E-state index in [2.05, 4.69) is 25.4 Å². The molecule has 3 N–H and O–H groups in total. The summed E-state index contributed by atoms with van der Waals surface area (Å²) in [6, 6.07) is 14.4. The molecule has 8 nitrogen and oxygen atoms in total. The average molecular weight is 539 g/mol. The number of carbonyl (C=O) groups excluding carboxylic acids is 1. The van der Waals surface area contributed by atoms with Gasteiger partial charge in [-0.2, -0.15) is 0 Å². The van der Waals surface area contributed by atoms with Gasteiger partial charge in [-0.05, 0) is 36.4 Å². The Kier molecular flexibility index (Phi) is 9.70. The van der Waals surface area contributed by atoms with E-state index in [1.807, 2.05) is 18.2 Å². The number of hydrogen-bond acceptors (Lipinski definition) is 5. The number of para-hydroxylation sites is 2. The molecule has 0 atom stereocenters. The molecule has 31 heavy (non-hydrogen) atoms. The number of hydrogen-bond donors (Lipinski definition) is 3. The van der Waals surface area contributed by atoms with Crippen molar-refractivity contribution in [2.24, 2.45) is 4.99 Å². The number of aromatic hydroxyl groups is 1. The molecule has 0 unspecified atom stereocenters. The van der Waals surface area contributed by atoms with Gasteiger partial charge in [-0.1, -0.05) is 12.1 Å². The number of halogens is 1. The van der Waals surface area contributed by atoms with Gasteiger partial charge in [0.25, 0.3) is 5.91 Å². The first kappa shape index (κ1) is 24.6. The third-order valence-corrected chi connectivity index (χ3v) is 5.06. The molecular weight excluding hydrogens is 509 g/mol. The summed E-state index contributed by atoms with van der Waals surface area (Å²) in [6.07, 6.45) is 0. The van der Waals surface area contributed by atoms with Crippen molar-refractivity contribution in [3.05, 3.63) is 54.1 Å². The van der Waals surface area contributed by atoms with Crippen LogP contribution in [0.3, 0.4) is 0 Å². The van der Waals surface area contributed by atoms with Crippen LogP contribution in [0.5, 0.6) is 11.5 Å². The fraction of sp³-hybridized carbons (Fsp3) is 0.364. The molecule has 1 fully saturated rings. The fourth-order valence-electron chi connectivity index (χ4n) is 3.42.